The highest BCUT2D eigenvalue weighted by atomic mass is 15.3. The molecule has 4 rings (SSSR count). The first-order valence-electron chi connectivity index (χ1n) is 9.05. The number of anilines is 5. The summed E-state index contributed by atoms with van der Waals surface area (Å²) in [6, 6.07) is 26.7. The van der Waals surface area contributed by atoms with E-state index in [0.29, 0.717) is 6.04 Å². The number of hydrogen-bond acceptors (Lipinski definition) is 2. The number of hydrogen-bond donors (Lipinski definition) is 0. The van der Waals surface area contributed by atoms with Crippen LogP contribution in [-0.4, -0.2) is 6.04 Å². The lowest BCUT2D eigenvalue weighted by atomic mass is 10.0. The summed E-state index contributed by atoms with van der Waals surface area (Å²) in [5, 5.41) is 0. The van der Waals surface area contributed by atoms with Gasteiger partial charge in [-0.1, -0.05) is 48.9 Å². The third kappa shape index (κ3) is 2.58. The average Bonchev–Trinajstić information content (AvgIpc) is 2.66. The molecule has 0 radical (unpaired) electrons. The molecule has 0 aliphatic carbocycles. The lowest BCUT2D eigenvalue weighted by molar-refractivity contribution is 0.685. The highest BCUT2D eigenvalue weighted by Crippen LogP contribution is 2.51. The molecular formula is C23H24N2. The smallest absolute Gasteiger partial charge is 0.0699 e. The molecule has 0 spiro atoms. The van der Waals surface area contributed by atoms with E-state index in [4.69, 9.17) is 0 Å². The number of para-hydroxylation sites is 4. The van der Waals surface area contributed by atoms with Gasteiger partial charge < -0.3 is 9.80 Å². The van der Waals surface area contributed by atoms with E-state index in [1.807, 2.05) is 0 Å². The molecular weight excluding hydrogens is 304 g/mol. The molecule has 1 heterocycles. The van der Waals surface area contributed by atoms with Crippen LogP contribution in [0.2, 0.25) is 0 Å². The molecule has 25 heavy (non-hydrogen) atoms. The first-order chi connectivity index (χ1) is 12.2. The zero-order chi connectivity index (χ0) is 17.4. The molecule has 1 aliphatic rings. The van der Waals surface area contributed by atoms with Crippen molar-refractivity contribution in [3.63, 3.8) is 0 Å². The number of rotatable bonds is 3. The predicted molar refractivity (Wildman–Crippen MR) is 108 cm³/mol. The maximum absolute atomic E-state index is 2.48. The molecule has 3 aromatic carbocycles. The van der Waals surface area contributed by atoms with Crippen LogP contribution in [0.4, 0.5) is 28.4 Å². The molecule has 0 N–H and O–H groups in total. The number of fused-ring (bicyclic) bond motifs is 2. The summed E-state index contributed by atoms with van der Waals surface area (Å²) in [6.45, 7) is 6.68. The van der Waals surface area contributed by atoms with Crippen molar-refractivity contribution in [2.24, 2.45) is 0 Å². The number of benzene rings is 3. The van der Waals surface area contributed by atoms with Gasteiger partial charge in [-0.25, -0.2) is 0 Å². The summed E-state index contributed by atoms with van der Waals surface area (Å²) >= 11 is 0. The second-order valence-electron chi connectivity index (χ2n) is 6.78. The van der Waals surface area contributed by atoms with Crippen LogP contribution in [0, 0.1) is 6.92 Å². The largest absolute Gasteiger partial charge is 0.335 e. The van der Waals surface area contributed by atoms with Gasteiger partial charge in [0.05, 0.1) is 22.7 Å². The zero-order valence-electron chi connectivity index (χ0n) is 15.1. The second-order valence-corrected chi connectivity index (χ2v) is 6.78. The summed E-state index contributed by atoms with van der Waals surface area (Å²) in [5.41, 5.74) is 7.51. The van der Waals surface area contributed by atoms with Crippen molar-refractivity contribution in [1.82, 2.24) is 0 Å². The lowest BCUT2D eigenvalue weighted by Crippen LogP contribution is -2.33. The van der Waals surface area contributed by atoms with Crippen LogP contribution in [0.25, 0.3) is 0 Å². The van der Waals surface area contributed by atoms with Gasteiger partial charge in [-0.05, 0) is 56.7 Å². The monoisotopic (exact) mass is 328 g/mol. The van der Waals surface area contributed by atoms with Gasteiger partial charge in [0.2, 0.25) is 0 Å². The topological polar surface area (TPSA) is 6.48 Å². The highest BCUT2D eigenvalue weighted by Gasteiger charge is 2.30. The van der Waals surface area contributed by atoms with Gasteiger partial charge in [-0.3, -0.25) is 0 Å². The standard InChI is InChI=1S/C23H24N2/c1-4-18(3)24-20-9-5-7-11-22(20)25(19-15-13-17(2)14-16-19)23-12-8-6-10-21(23)24/h5-16,18H,4H2,1-3H3. The molecule has 0 bridgehead atoms. The van der Waals surface area contributed by atoms with Gasteiger partial charge in [-0.15, -0.1) is 0 Å². The van der Waals surface area contributed by atoms with E-state index < -0.39 is 0 Å². The van der Waals surface area contributed by atoms with Crippen molar-refractivity contribution in [3.05, 3.63) is 78.4 Å². The Labute approximate surface area is 150 Å². The van der Waals surface area contributed by atoms with Crippen molar-refractivity contribution in [2.75, 3.05) is 9.80 Å². The quantitative estimate of drug-likeness (QED) is 0.527. The molecule has 1 unspecified atom stereocenters. The van der Waals surface area contributed by atoms with Crippen molar-refractivity contribution in [1.29, 1.82) is 0 Å². The Morgan fingerprint density at radius 2 is 1.20 bits per heavy atom. The van der Waals surface area contributed by atoms with Crippen LogP contribution >= 0.6 is 0 Å². The van der Waals surface area contributed by atoms with Gasteiger partial charge in [0, 0.05) is 11.7 Å². The Morgan fingerprint density at radius 1 is 0.720 bits per heavy atom. The molecule has 126 valence electrons. The van der Waals surface area contributed by atoms with E-state index in [-0.39, 0.29) is 0 Å². The van der Waals surface area contributed by atoms with Crippen LogP contribution in [0.3, 0.4) is 0 Å². The fourth-order valence-corrected chi connectivity index (χ4v) is 3.60. The Kier molecular flexibility index (Phi) is 3.96. The second kappa shape index (κ2) is 6.29. The van der Waals surface area contributed by atoms with E-state index in [9.17, 15) is 0 Å². The molecule has 0 aromatic heterocycles. The molecule has 2 nitrogen and oxygen atoms in total. The third-order valence-corrected chi connectivity index (χ3v) is 5.09. The molecule has 3 aromatic rings. The lowest BCUT2D eigenvalue weighted by Gasteiger charge is -2.42. The highest BCUT2D eigenvalue weighted by molar-refractivity contribution is 5.97. The minimum Gasteiger partial charge on any atom is -0.335 e. The zero-order valence-corrected chi connectivity index (χ0v) is 15.1. The Bertz CT molecular complexity index is 835. The normalized spacial score (nSPS) is 14.0. The van der Waals surface area contributed by atoms with Crippen LogP contribution < -0.4 is 9.80 Å². The van der Waals surface area contributed by atoms with E-state index in [1.54, 1.807) is 0 Å². The van der Waals surface area contributed by atoms with Crippen molar-refractivity contribution >= 4 is 28.4 Å². The fraction of sp³-hybridized carbons (Fsp3) is 0.217. The number of aryl methyl sites for hydroxylation is 1. The van der Waals surface area contributed by atoms with Gasteiger partial charge in [-0.2, -0.15) is 0 Å². The molecule has 0 fully saturated rings. The minimum atomic E-state index is 0.447. The maximum atomic E-state index is 2.48. The van der Waals surface area contributed by atoms with Crippen molar-refractivity contribution in [2.45, 2.75) is 33.2 Å². The van der Waals surface area contributed by atoms with E-state index in [0.717, 1.165) is 6.42 Å². The molecule has 0 saturated heterocycles. The summed E-state index contributed by atoms with van der Waals surface area (Å²) in [5.74, 6) is 0. The summed E-state index contributed by atoms with van der Waals surface area (Å²) in [6.07, 6.45) is 1.10. The van der Waals surface area contributed by atoms with E-state index in [1.165, 1.54) is 34.0 Å². The Morgan fingerprint density at radius 3 is 1.68 bits per heavy atom. The van der Waals surface area contributed by atoms with Gasteiger partial charge in [0.15, 0.2) is 0 Å². The maximum Gasteiger partial charge on any atom is 0.0699 e. The van der Waals surface area contributed by atoms with E-state index in [2.05, 4.69) is 103 Å². The first kappa shape index (κ1) is 15.8. The minimum absolute atomic E-state index is 0.447. The van der Waals surface area contributed by atoms with Crippen LogP contribution in [0.5, 0.6) is 0 Å². The third-order valence-electron chi connectivity index (χ3n) is 5.09. The van der Waals surface area contributed by atoms with Crippen LogP contribution in [0.1, 0.15) is 25.8 Å². The van der Waals surface area contributed by atoms with Gasteiger partial charge >= 0.3 is 0 Å². The van der Waals surface area contributed by atoms with Crippen molar-refractivity contribution in [3.8, 4) is 0 Å². The van der Waals surface area contributed by atoms with E-state index >= 15 is 0 Å². The molecule has 1 aliphatic heterocycles. The molecule has 0 amide bonds. The first-order valence-corrected chi connectivity index (χ1v) is 9.05. The number of nitrogens with zero attached hydrogens (tertiary/aromatic N) is 2. The van der Waals surface area contributed by atoms with Gasteiger partial charge in [0.25, 0.3) is 0 Å². The summed E-state index contributed by atoms with van der Waals surface area (Å²) < 4.78 is 0. The van der Waals surface area contributed by atoms with Crippen molar-refractivity contribution < 1.29 is 0 Å². The average molecular weight is 328 g/mol. The molecule has 0 saturated carbocycles. The van der Waals surface area contributed by atoms with Crippen LogP contribution in [0.15, 0.2) is 72.8 Å². The SMILES string of the molecule is CCC(C)N1c2ccccc2N(c2ccc(C)cc2)c2ccccc21. The fourth-order valence-electron chi connectivity index (χ4n) is 3.60. The van der Waals surface area contributed by atoms with Gasteiger partial charge in [0.1, 0.15) is 0 Å². The predicted octanol–water partition coefficient (Wildman–Crippen LogP) is 6.71. The molecule has 1 atom stereocenters. The Balaban J connectivity index is 1.97. The Hall–Kier alpha value is -2.74. The summed E-state index contributed by atoms with van der Waals surface area (Å²) in [4.78, 5) is 4.86. The summed E-state index contributed by atoms with van der Waals surface area (Å²) in [7, 11) is 0. The molecule has 2 heteroatoms. The van der Waals surface area contributed by atoms with Crippen LogP contribution in [-0.2, 0) is 0 Å².